The first kappa shape index (κ1) is 11.9. The van der Waals surface area contributed by atoms with Crippen LogP contribution in [-0.2, 0) is 17.7 Å². The molecule has 1 aliphatic rings. The van der Waals surface area contributed by atoms with Crippen LogP contribution in [0.3, 0.4) is 0 Å². The molecule has 0 saturated heterocycles. The Labute approximate surface area is 101 Å². The highest BCUT2D eigenvalue weighted by Crippen LogP contribution is 2.21. The summed E-state index contributed by atoms with van der Waals surface area (Å²) in [6.45, 7) is 5.24. The molecule has 0 saturated carbocycles. The van der Waals surface area contributed by atoms with E-state index in [1.807, 2.05) is 12.1 Å². The minimum absolute atomic E-state index is 0.387. The molecule has 1 amide bonds. The van der Waals surface area contributed by atoms with Crippen LogP contribution in [0.15, 0.2) is 18.2 Å². The fourth-order valence-corrected chi connectivity index (χ4v) is 2.04. The van der Waals surface area contributed by atoms with E-state index in [2.05, 4.69) is 23.6 Å². The third-order valence-electron chi connectivity index (χ3n) is 2.90. The largest absolute Gasteiger partial charge is 0.450 e. The summed E-state index contributed by atoms with van der Waals surface area (Å²) in [6, 6.07) is 6.48. The van der Waals surface area contributed by atoms with E-state index in [1.54, 1.807) is 6.92 Å². The average molecular weight is 234 g/mol. The number of fused-ring (bicyclic) bond motifs is 1. The minimum atomic E-state index is -0.394. The Bertz CT molecular complexity index is 418. The van der Waals surface area contributed by atoms with Gasteiger partial charge in [-0.3, -0.25) is 5.32 Å². The molecule has 0 bridgehead atoms. The van der Waals surface area contributed by atoms with Crippen molar-refractivity contribution in [3.05, 3.63) is 29.3 Å². The zero-order chi connectivity index (χ0) is 12.3. The SMILES string of the molecule is CCOC(=O)Nc1ccc2c(c1)CC(C)NC2. The van der Waals surface area contributed by atoms with E-state index < -0.39 is 6.09 Å². The number of carbonyl (C=O) groups is 1. The molecule has 4 heteroatoms. The Balaban J connectivity index is 2.10. The molecule has 2 N–H and O–H groups in total. The molecule has 1 heterocycles. The highest BCUT2D eigenvalue weighted by atomic mass is 16.5. The van der Waals surface area contributed by atoms with Gasteiger partial charge in [0.2, 0.25) is 0 Å². The Morgan fingerprint density at radius 3 is 3.12 bits per heavy atom. The molecule has 1 atom stereocenters. The number of hydrogen-bond acceptors (Lipinski definition) is 3. The van der Waals surface area contributed by atoms with Gasteiger partial charge in [0.15, 0.2) is 0 Å². The van der Waals surface area contributed by atoms with Crippen LogP contribution < -0.4 is 10.6 Å². The molecular formula is C13H18N2O2. The van der Waals surface area contributed by atoms with Crippen molar-refractivity contribution in [2.75, 3.05) is 11.9 Å². The number of anilines is 1. The van der Waals surface area contributed by atoms with Gasteiger partial charge in [0.05, 0.1) is 6.61 Å². The quantitative estimate of drug-likeness (QED) is 0.825. The number of nitrogens with one attached hydrogen (secondary N) is 2. The smallest absolute Gasteiger partial charge is 0.411 e. The van der Waals surface area contributed by atoms with Gasteiger partial charge < -0.3 is 10.1 Å². The van der Waals surface area contributed by atoms with E-state index in [0.29, 0.717) is 12.6 Å². The van der Waals surface area contributed by atoms with Crippen LogP contribution in [0.4, 0.5) is 10.5 Å². The topological polar surface area (TPSA) is 50.4 Å². The van der Waals surface area contributed by atoms with Gasteiger partial charge in [-0.2, -0.15) is 0 Å². The normalized spacial score (nSPS) is 18.4. The third kappa shape index (κ3) is 2.97. The van der Waals surface area contributed by atoms with Crippen molar-refractivity contribution in [1.29, 1.82) is 0 Å². The number of carbonyl (C=O) groups excluding carboxylic acids is 1. The molecule has 0 aliphatic carbocycles. The second-order valence-corrected chi connectivity index (χ2v) is 4.32. The first-order valence-electron chi connectivity index (χ1n) is 5.98. The summed E-state index contributed by atoms with van der Waals surface area (Å²) >= 11 is 0. The van der Waals surface area contributed by atoms with E-state index in [4.69, 9.17) is 4.74 Å². The van der Waals surface area contributed by atoms with Crippen molar-refractivity contribution in [3.63, 3.8) is 0 Å². The van der Waals surface area contributed by atoms with Crippen LogP contribution in [0.2, 0.25) is 0 Å². The lowest BCUT2D eigenvalue weighted by Gasteiger charge is -2.23. The van der Waals surface area contributed by atoms with Gasteiger partial charge >= 0.3 is 6.09 Å². The van der Waals surface area contributed by atoms with Crippen LogP contribution >= 0.6 is 0 Å². The fourth-order valence-electron chi connectivity index (χ4n) is 2.04. The van der Waals surface area contributed by atoms with Gasteiger partial charge in [0, 0.05) is 18.3 Å². The molecule has 0 fully saturated rings. The van der Waals surface area contributed by atoms with Gasteiger partial charge in [-0.05, 0) is 43.5 Å². The minimum Gasteiger partial charge on any atom is -0.450 e. The Kier molecular flexibility index (Phi) is 3.64. The van der Waals surface area contributed by atoms with Gasteiger partial charge in [-0.25, -0.2) is 4.79 Å². The molecule has 0 aromatic heterocycles. The summed E-state index contributed by atoms with van der Waals surface area (Å²) in [4.78, 5) is 11.3. The van der Waals surface area contributed by atoms with Crippen LogP contribution in [0.25, 0.3) is 0 Å². The Morgan fingerprint density at radius 2 is 2.35 bits per heavy atom. The number of amides is 1. The lowest BCUT2D eigenvalue weighted by molar-refractivity contribution is 0.168. The van der Waals surface area contributed by atoms with Crippen LogP contribution in [0.1, 0.15) is 25.0 Å². The van der Waals surface area contributed by atoms with Crippen LogP contribution in [0, 0.1) is 0 Å². The van der Waals surface area contributed by atoms with Gasteiger partial charge in [0.1, 0.15) is 0 Å². The monoisotopic (exact) mass is 234 g/mol. The predicted octanol–water partition coefficient (Wildman–Crippen LogP) is 2.29. The number of hydrogen-bond donors (Lipinski definition) is 2. The maximum atomic E-state index is 11.3. The lowest BCUT2D eigenvalue weighted by atomic mass is 9.96. The highest BCUT2D eigenvalue weighted by Gasteiger charge is 2.14. The summed E-state index contributed by atoms with van der Waals surface area (Å²) in [5.74, 6) is 0. The molecule has 0 radical (unpaired) electrons. The zero-order valence-electron chi connectivity index (χ0n) is 10.2. The van der Waals surface area contributed by atoms with Crippen molar-refractivity contribution >= 4 is 11.8 Å². The lowest BCUT2D eigenvalue weighted by Crippen LogP contribution is -2.32. The predicted molar refractivity (Wildman–Crippen MR) is 67.1 cm³/mol. The molecule has 2 rings (SSSR count). The van der Waals surface area contributed by atoms with E-state index in [9.17, 15) is 4.79 Å². The zero-order valence-corrected chi connectivity index (χ0v) is 10.2. The first-order chi connectivity index (χ1) is 8.19. The molecule has 1 aromatic carbocycles. The molecule has 4 nitrogen and oxygen atoms in total. The van der Waals surface area contributed by atoms with Gasteiger partial charge in [-0.1, -0.05) is 6.07 Å². The molecule has 17 heavy (non-hydrogen) atoms. The molecule has 1 unspecified atom stereocenters. The molecule has 92 valence electrons. The van der Waals surface area contributed by atoms with Crippen molar-refractivity contribution < 1.29 is 9.53 Å². The second-order valence-electron chi connectivity index (χ2n) is 4.32. The van der Waals surface area contributed by atoms with E-state index in [1.165, 1.54) is 11.1 Å². The summed E-state index contributed by atoms with van der Waals surface area (Å²) in [7, 11) is 0. The highest BCUT2D eigenvalue weighted by molar-refractivity contribution is 5.84. The van der Waals surface area contributed by atoms with Crippen molar-refractivity contribution in [2.45, 2.75) is 32.9 Å². The fraction of sp³-hybridized carbons (Fsp3) is 0.462. The average Bonchev–Trinajstić information content (AvgIpc) is 2.28. The van der Waals surface area contributed by atoms with Crippen molar-refractivity contribution in [2.24, 2.45) is 0 Å². The summed E-state index contributed by atoms with van der Waals surface area (Å²) < 4.78 is 4.85. The van der Waals surface area contributed by atoms with Crippen LogP contribution in [0.5, 0.6) is 0 Å². The van der Waals surface area contributed by atoms with E-state index in [0.717, 1.165) is 18.7 Å². The first-order valence-corrected chi connectivity index (χ1v) is 5.98. The number of rotatable bonds is 2. The molecule has 1 aromatic rings. The van der Waals surface area contributed by atoms with Crippen molar-refractivity contribution in [1.82, 2.24) is 5.32 Å². The standard InChI is InChI=1S/C13H18N2O2/c1-3-17-13(16)15-12-5-4-10-8-14-9(2)6-11(10)7-12/h4-5,7,9,14H,3,6,8H2,1-2H3,(H,15,16). The third-order valence-corrected chi connectivity index (χ3v) is 2.90. The number of benzene rings is 1. The van der Waals surface area contributed by atoms with Gasteiger partial charge in [0.25, 0.3) is 0 Å². The number of ether oxygens (including phenoxy) is 1. The summed E-state index contributed by atoms with van der Waals surface area (Å²) in [5.41, 5.74) is 3.40. The molecule has 1 aliphatic heterocycles. The van der Waals surface area contributed by atoms with Crippen LogP contribution in [-0.4, -0.2) is 18.7 Å². The Morgan fingerprint density at radius 1 is 1.53 bits per heavy atom. The van der Waals surface area contributed by atoms with Crippen molar-refractivity contribution in [3.8, 4) is 0 Å². The summed E-state index contributed by atoms with van der Waals surface area (Å²) in [5, 5.41) is 6.13. The Hall–Kier alpha value is -1.55. The molecule has 0 spiro atoms. The molecular weight excluding hydrogens is 216 g/mol. The van der Waals surface area contributed by atoms with E-state index in [-0.39, 0.29) is 0 Å². The second kappa shape index (κ2) is 5.19. The van der Waals surface area contributed by atoms with E-state index >= 15 is 0 Å². The maximum absolute atomic E-state index is 11.3. The van der Waals surface area contributed by atoms with Gasteiger partial charge in [-0.15, -0.1) is 0 Å². The summed E-state index contributed by atoms with van der Waals surface area (Å²) in [6.07, 6.45) is 0.600. The maximum Gasteiger partial charge on any atom is 0.411 e.